The van der Waals surface area contributed by atoms with E-state index in [1.807, 2.05) is 0 Å². The van der Waals surface area contributed by atoms with Crippen LogP contribution in [0.5, 0.6) is 11.6 Å². The summed E-state index contributed by atoms with van der Waals surface area (Å²) in [5, 5.41) is 28.8. The Hall–Kier alpha value is -3.67. The first kappa shape index (κ1) is 18.1. The first-order valence-electron chi connectivity index (χ1n) is 7.57. The molecule has 6 nitrogen and oxygen atoms in total. The van der Waals surface area contributed by atoms with Gasteiger partial charge in [-0.2, -0.15) is 18.4 Å². The van der Waals surface area contributed by atoms with E-state index in [2.05, 4.69) is 0 Å². The summed E-state index contributed by atoms with van der Waals surface area (Å²) in [5.41, 5.74) is -2.35. The lowest BCUT2D eigenvalue weighted by molar-refractivity contribution is -0.137. The molecule has 1 aromatic heterocycles. The number of phenols is 1. The zero-order chi connectivity index (χ0) is 19.9. The molecule has 0 saturated heterocycles. The third kappa shape index (κ3) is 3.01. The van der Waals surface area contributed by atoms with Crippen molar-refractivity contribution in [3.63, 3.8) is 0 Å². The van der Waals surface area contributed by atoms with Crippen molar-refractivity contribution in [2.24, 2.45) is 7.05 Å². The fourth-order valence-corrected chi connectivity index (χ4v) is 2.77. The van der Waals surface area contributed by atoms with Crippen molar-refractivity contribution < 1.29 is 23.4 Å². The first-order chi connectivity index (χ1) is 12.6. The van der Waals surface area contributed by atoms with Gasteiger partial charge in [-0.25, -0.2) is 9.36 Å². The molecular weight excluding hydrogens is 363 g/mol. The second-order valence-electron chi connectivity index (χ2n) is 5.74. The Kier molecular flexibility index (Phi) is 4.19. The highest BCUT2D eigenvalue weighted by atomic mass is 19.4. The maximum Gasteiger partial charge on any atom is 0.417 e. The predicted molar refractivity (Wildman–Crippen MR) is 89.5 cm³/mol. The number of aromatic nitrogens is 2. The van der Waals surface area contributed by atoms with Crippen molar-refractivity contribution in [2.45, 2.75) is 6.18 Å². The average molecular weight is 375 g/mol. The van der Waals surface area contributed by atoms with E-state index in [9.17, 15) is 28.2 Å². The largest absolute Gasteiger partial charge is 0.508 e. The van der Waals surface area contributed by atoms with Gasteiger partial charge in [-0.05, 0) is 42.5 Å². The van der Waals surface area contributed by atoms with Gasteiger partial charge >= 0.3 is 11.9 Å². The number of halogens is 3. The van der Waals surface area contributed by atoms with E-state index in [-0.39, 0.29) is 17.1 Å². The van der Waals surface area contributed by atoms with Gasteiger partial charge in [0.1, 0.15) is 11.4 Å². The summed E-state index contributed by atoms with van der Waals surface area (Å²) in [5.74, 6) is -0.587. The summed E-state index contributed by atoms with van der Waals surface area (Å²) in [6.45, 7) is 0. The molecule has 2 aromatic carbocycles. The molecule has 0 fully saturated rings. The standard InChI is InChI=1S/C18H12F3N3O3/c1-23-15(10-3-6-13(25)7-4-10)16(26)24(17(23)27)12-5-2-11(9-22)14(8-12)18(19,20)21/h2-8,25-26H,1H3. The lowest BCUT2D eigenvalue weighted by atomic mass is 10.1. The van der Waals surface area contributed by atoms with E-state index in [0.29, 0.717) is 11.6 Å². The summed E-state index contributed by atoms with van der Waals surface area (Å²) in [4.78, 5) is 12.5. The molecule has 0 amide bonds. The third-order valence-electron chi connectivity index (χ3n) is 4.07. The number of hydrogen-bond acceptors (Lipinski definition) is 4. The van der Waals surface area contributed by atoms with Crippen LogP contribution in [0.1, 0.15) is 11.1 Å². The van der Waals surface area contributed by atoms with Crippen molar-refractivity contribution in [2.75, 3.05) is 0 Å². The van der Waals surface area contributed by atoms with Gasteiger partial charge in [0.25, 0.3) is 0 Å². The second kappa shape index (κ2) is 6.25. The summed E-state index contributed by atoms with van der Waals surface area (Å²) in [6.07, 6.45) is -4.80. The minimum atomic E-state index is -4.80. The fraction of sp³-hybridized carbons (Fsp3) is 0.111. The van der Waals surface area contributed by atoms with Crippen molar-refractivity contribution in [3.05, 3.63) is 64.1 Å². The molecule has 0 aliphatic heterocycles. The molecule has 0 atom stereocenters. The molecule has 2 N–H and O–H groups in total. The highest BCUT2D eigenvalue weighted by molar-refractivity contribution is 5.67. The molecule has 0 aliphatic rings. The summed E-state index contributed by atoms with van der Waals surface area (Å²) in [6, 6.07) is 9.79. The van der Waals surface area contributed by atoms with E-state index < -0.39 is 28.9 Å². The highest BCUT2D eigenvalue weighted by Crippen LogP contribution is 2.35. The number of imidazole rings is 1. The number of benzene rings is 2. The molecule has 0 saturated carbocycles. The molecule has 3 rings (SSSR count). The monoisotopic (exact) mass is 375 g/mol. The molecule has 138 valence electrons. The zero-order valence-electron chi connectivity index (χ0n) is 13.8. The molecule has 0 radical (unpaired) electrons. The van der Waals surface area contributed by atoms with Crippen LogP contribution in [-0.4, -0.2) is 19.3 Å². The Morgan fingerprint density at radius 2 is 1.70 bits per heavy atom. The van der Waals surface area contributed by atoms with Gasteiger partial charge in [0, 0.05) is 12.6 Å². The quantitative estimate of drug-likeness (QED) is 0.720. The van der Waals surface area contributed by atoms with Crippen LogP contribution in [0.2, 0.25) is 0 Å². The SMILES string of the molecule is Cn1c(-c2ccc(O)cc2)c(O)n(-c2ccc(C#N)c(C(F)(F)F)c2)c1=O. The van der Waals surface area contributed by atoms with Crippen molar-refractivity contribution >= 4 is 0 Å². The molecule has 9 heteroatoms. The van der Waals surface area contributed by atoms with E-state index in [1.165, 1.54) is 37.4 Å². The average Bonchev–Trinajstić information content (AvgIpc) is 2.84. The molecule has 3 aromatic rings. The minimum Gasteiger partial charge on any atom is -0.508 e. The Bertz CT molecular complexity index is 1120. The summed E-state index contributed by atoms with van der Waals surface area (Å²) in [7, 11) is 1.36. The Balaban J connectivity index is 2.26. The van der Waals surface area contributed by atoms with Crippen molar-refractivity contribution in [3.8, 4) is 34.6 Å². The summed E-state index contributed by atoms with van der Waals surface area (Å²) < 4.78 is 41.4. The van der Waals surface area contributed by atoms with Crippen molar-refractivity contribution in [1.29, 1.82) is 5.26 Å². The number of aromatic hydroxyl groups is 2. The lowest BCUT2D eigenvalue weighted by Gasteiger charge is -2.11. The van der Waals surface area contributed by atoms with Crippen LogP contribution in [0, 0.1) is 11.3 Å². The van der Waals surface area contributed by atoms with Crippen LogP contribution in [-0.2, 0) is 13.2 Å². The molecular formula is C18H12F3N3O3. The highest BCUT2D eigenvalue weighted by Gasteiger charge is 2.34. The van der Waals surface area contributed by atoms with E-state index in [4.69, 9.17) is 5.26 Å². The number of phenolic OH excluding ortho intramolecular Hbond substituents is 1. The van der Waals surface area contributed by atoms with Crippen LogP contribution in [0.3, 0.4) is 0 Å². The molecule has 1 heterocycles. The second-order valence-corrected chi connectivity index (χ2v) is 5.74. The minimum absolute atomic E-state index is 0.0235. The maximum absolute atomic E-state index is 13.2. The third-order valence-corrected chi connectivity index (χ3v) is 4.07. The molecule has 0 unspecified atom stereocenters. The van der Waals surface area contributed by atoms with Gasteiger partial charge in [0.05, 0.1) is 22.9 Å². The van der Waals surface area contributed by atoms with Crippen LogP contribution in [0.25, 0.3) is 16.9 Å². The first-order valence-corrected chi connectivity index (χ1v) is 7.57. The van der Waals surface area contributed by atoms with Gasteiger partial charge in [0.15, 0.2) is 0 Å². The van der Waals surface area contributed by atoms with Gasteiger partial charge in [-0.1, -0.05) is 0 Å². The van der Waals surface area contributed by atoms with E-state index in [1.54, 1.807) is 0 Å². The number of rotatable bonds is 2. The topological polar surface area (TPSA) is 91.2 Å². The van der Waals surface area contributed by atoms with Crippen LogP contribution in [0.15, 0.2) is 47.3 Å². The summed E-state index contributed by atoms with van der Waals surface area (Å²) >= 11 is 0. The number of alkyl halides is 3. The van der Waals surface area contributed by atoms with Gasteiger partial charge < -0.3 is 10.2 Å². The molecule has 0 spiro atoms. The number of nitriles is 1. The van der Waals surface area contributed by atoms with Crippen molar-refractivity contribution in [1.82, 2.24) is 9.13 Å². The van der Waals surface area contributed by atoms with E-state index in [0.717, 1.165) is 21.3 Å². The van der Waals surface area contributed by atoms with E-state index >= 15 is 0 Å². The van der Waals surface area contributed by atoms with Crippen LogP contribution >= 0.6 is 0 Å². The van der Waals surface area contributed by atoms with Crippen LogP contribution < -0.4 is 5.69 Å². The Morgan fingerprint density at radius 1 is 1.07 bits per heavy atom. The molecule has 27 heavy (non-hydrogen) atoms. The van der Waals surface area contributed by atoms with Crippen LogP contribution in [0.4, 0.5) is 13.2 Å². The maximum atomic E-state index is 13.2. The Morgan fingerprint density at radius 3 is 2.26 bits per heavy atom. The number of nitrogens with zero attached hydrogens (tertiary/aromatic N) is 3. The molecule has 0 aliphatic carbocycles. The molecule has 0 bridgehead atoms. The van der Waals surface area contributed by atoms with Gasteiger partial charge in [-0.15, -0.1) is 0 Å². The lowest BCUT2D eigenvalue weighted by Crippen LogP contribution is -2.21. The van der Waals surface area contributed by atoms with Gasteiger partial charge in [0.2, 0.25) is 5.88 Å². The fourth-order valence-electron chi connectivity index (χ4n) is 2.77. The normalized spacial score (nSPS) is 11.4. The smallest absolute Gasteiger partial charge is 0.417 e. The number of hydrogen-bond donors (Lipinski definition) is 2. The zero-order valence-corrected chi connectivity index (χ0v) is 13.8. The predicted octanol–water partition coefficient (Wildman–Crippen LogP) is 3.14. The Labute approximate surface area is 150 Å². The van der Waals surface area contributed by atoms with Gasteiger partial charge in [-0.3, -0.25) is 4.57 Å².